The van der Waals surface area contributed by atoms with E-state index in [0.717, 1.165) is 24.3 Å². The first kappa shape index (κ1) is 12.6. The Balaban J connectivity index is 2.82. The van der Waals surface area contributed by atoms with Crippen LogP contribution in [0.4, 0.5) is 0 Å². The van der Waals surface area contributed by atoms with Gasteiger partial charge in [0.15, 0.2) is 5.71 Å². The van der Waals surface area contributed by atoms with Crippen LogP contribution in [0, 0.1) is 0 Å². The molecule has 1 amide bonds. The van der Waals surface area contributed by atoms with Crippen molar-refractivity contribution in [1.82, 2.24) is 4.98 Å². The first-order chi connectivity index (χ1) is 7.69. The summed E-state index contributed by atoms with van der Waals surface area (Å²) in [5.74, 6) is -0.604. The van der Waals surface area contributed by atoms with Crippen LogP contribution in [0.2, 0.25) is 0 Å². The normalized spacial score (nSPS) is 11.5. The molecule has 2 N–H and O–H groups in total. The molecule has 16 heavy (non-hydrogen) atoms. The molecule has 0 radical (unpaired) electrons. The second kappa shape index (κ2) is 6.22. The molecule has 5 nitrogen and oxygen atoms in total. The van der Waals surface area contributed by atoms with Crippen molar-refractivity contribution in [2.45, 2.75) is 26.2 Å². The number of oxime groups is 1. The van der Waals surface area contributed by atoms with Gasteiger partial charge in [0.25, 0.3) is 5.91 Å². The van der Waals surface area contributed by atoms with E-state index in [9.17, 15) is 4.79 Å². The van der Waals surface area contributed by atoms with E-state index >= 15 is 0 Å². The van der Waals surface area contributed by atoms with Gasteiger partial charge in [-0.2, -0.15) is 0 Å². The van der Waals surface area contributed by atoms with E-state index in [2.05, 4.69) is 21.9 Å². The number of aromatic nitrogens is 1. The molecule has 0 bridgehead atoms. The van der Waals surface area contributed by atoms with Gasteiger partial charge >= 0.3 is 0 Å². The summed E-state index contributed by atoms with van der Waals surface area (Å²) in [6.45, 7) is 2.12. The maximum absolute atomic E-state index is 11.1. The Morgan fingerprint density at radius 2 is 2.44 bits per heavy atom. The smallest absolute Gasteiger partial charge is 0.272 e. The highest BCUT2D eigenvalue weighted by Gasteiger charge is 2.14. The van der Waals surface area contributed by atoms with E-state index in [4.69, 9.17) is 5.73 Å². The van der Waals surface area contributed by atoms with Crippen molar-refractivity contribution in [2.75, 3.05) is 7.11 Å². The zero-order chi connectivity index (χ0) is 12.0. The van der Waals surface area contributed by atoms with Crippen molar-refractivity contribution < 1.29 is 9.63 Å². The molecule has 0 spiro atoms. The van der Waals surface area contributed by atoms with Crippen LogP contribution in [-0.4, -0.2) is 23.7 Å². The Morgan fingerprint density at radius 3 is 3.00 bits per heavy atom. The third-order valence-electron chi connectivity index (χ3n) is 1.95. The third-order valence-corrected chi connectivity index (χ3v) is 3.01. The van der Waals surface area contributed by atoms with Gasteiger partial charge in [-0.1, -0.05) is 18.5 Å². The lowest BCUT2D eigenvalue weighted by atomic mass is 10.3. The van der Waals surface area contributed by atoms with Crippen LogP contribution in [0.15, 0.2) is 11.4 Å². The Morgan fingerprint density at radius 1 is 1.69 bits per heavy atom. The molecule has 0 saturated carbocycles. The summed E-state index contributed by atoms with van der Waals surface area (Å²) >= 11 is 1.43. The van der Waals surface area contributed by atoms with Crippen LogP contribution in [0.1, 0.15) is 29.7 Å². The predicted octanol–water partition coefficient (Wildman–Crippen LogP) is 1.32. The quantitative estimate of drug-likeness (QED) is 0.602. The molecule has 6 heteroatoms. The largest absolute Gasteiger partial charge is 0.398 e. The number of unbranched alkanes of at least 4 members (excludes halogenated alkanes) is 1. The number of carbonyl (C=O) groups is 1. The molecule has 0 unspecified atom stereocenters. The molecule has 1 aromatic heterocycles. The zero-order valence-electron chi connectivity index (χ0n) is 9.40. The zero-order valence-corrected chi connectivity index (χ0v) is 10.2. The van der Waals surface area contributed by atoms with Gasteiger partial charge < -0.3 is 10.6 Å². The fraction of sp³-hybridized carbons (Fsp3) is 0.500. The van der Waals surface area contributed by atoms with Crippen LogP contribution in [0.5, 0.6) is 0 Å². The van der Waals surface area contributed by atoms with E-state index in [1.165, 1.54) is 18.4 Å². The fourth-order valence-corrected chi connectivity index (χ4v) is 2.11. The number of nitrogens with zero attached hydrogens (tertiary/aromatic N) is 2. The van der Waals surface area contributed by atoms with E-state index < -0.39 is 5.91 Å². The minimum absolute atomic E-state index is 0.128. The number of amides is 1. The van der Waals surface area contributed by atoms with E-state index in [1.54, 1.807) is 6.20 Å². The minimum atomic E-state index is -0.604. The second-order valence-electron chi connectivity index (χ2n) is 3.21. The van der Waals surface area contributed by atoms with Gasteiger partial charge in [0, 0.05) is 6.20 Å². The highest BCUT2D eigenvalue weighted by atomic mass is 32.1. The lowest BCUT2D eigenvalue weighted by Gasteiger charge is -1.96. The average Bonchev–Trinajstić information content (AvgIpc) is 2.70. The maximum Gasteiger partial charge on any atom is 0.272 e. The van der Waals surface area contributed by atoms with E-state index in [-0.39, 0.29) is 5.71 Å². The van der Waals surface area contributed by atoms with Crippen LogP contribution < -0.4 is 5.73 Å². The van der Waals surface area contributed by atoms with Gasteiger partial charge in [0.05, 0.1) is 9.88 Å². The van der Waals surface area contributed by atoms with Crippen molar-refractivity contribution in [3.05, 3.63) is 16.1 Å². The Labute approximate surface area is 98.3 Å². The monoisotopic (exact) mass is 241 g/mol. The molecular weight excluding hydrogens is 226 g/mol. The topological polar surface area (TPSA) is 77.6 Å². The highest BCUT2D eigenvalue weighted by molar-refractivity contribution is 7.14. The first-order valence-electron chi connectivity index (χ1n) is 5.05. The summed E-state index contributed by atoms with van der Waals surface area (Å²) < 4.78 is 0. The van der Waals surface area contributed by atoms with Crippen molar-refractivity contribution >= 4 is 23.0 Å². The van der Waals surface area contributed by atoms with Gasteiger partial charge in [0.1, 0.15) is 7.11 Å². The molecule has 0 aliphatic carbocycles. The van der Waals surface area contributed by atoms with Gasteiger partial charge in [-0.25, -0.2) is 4.98 Å². The number of nitrogens with two attached hydrogens (primary N) is 1. The van der Waals surface area contributed by atoms with Crippen LogP contribution in [0.25, 0.3) is 0 Å². The molecule has 88 valence electrons. The Kier molecular flexibility index (Phi) is 4.91. The first-order valence-corrected chi connectivity index (χ1v) is 5.86. The molecule has 1 heterocycles. The second-order valence-corrected chi connectivity index (χ2v) is 4.32. The fourth-order valence-electron chi connectivity index (χ4n) is 1.17. The Bertz CT molecular complexity index is 387. The molecule has 0 fully saturated rings. The lowest BCUT2D eigenvalue weighted by Crippen LogP contribution is -2.23. The van der Waals surface area contributed by atoms with Crippen molar-refractivity contribution in [3.8, 4) is 0 Å². The molecule has 0 aliphatic heterocycles. The van der Waals surface area contributed by atoms with Crippen LogP contribution in [0.3, 0.4) is 0 Å². The standard InChI is InChI=1S/C10H15N3O2S/c1-3-4-5-8-12-6-7(16-8)9(10(11)14)13-15-2/h6H,3-5H2,1-2H3,(H2,11,14)/b13-9-. The summed E-state index contributed by atoms with van der Waals surface area (Å²) in [5.41, 5.74) is 5.32. The molecule has 0 saturated heterocycles. The maximum atomic E-state index is 11.1. The Hall–Kier alpha value is -1.43. The minimum Gasteiger partial charge on any atom is -0.398 e. The predicted molar refractivity (Wildman–Crippen MR) is 63.5 cm³/mol. The molecule has 0 atom stereocenters. The summed E-state index contributed by atoms with van der Waals surface area (Å²) in [5, 5.41) is 4.59. The van der Waals surface area contributed by atoms with Gasteiger partial charge in [-0.15, -0.1) is 11.3 Å². The van der Waals surface area contributed by atoms with E-state index in [0.29, 0.717) is 4.88 Å². The molecule has 1 aromatic rings. The van der Waals surface area contributed by atoms with E-state index in [1.807, 2.05) is 0 Å². The number of rotatable bonds is 6. The number of hydrogen-bond acceptors (Lipinski definition) is 5. The number of carbonyl (C=O) groups excluding carboxylic acids is 1. The summed E-state index contributed by atoms with van der Waals surface area (Å²) in [6, 6.07) is 0. The number of hydrogen-bond donors (Lipinski definition) is 1. The molecular formula is C10H15N3O2S. The lowest BCUT2D eigenvalue weighted by molar-refractivity contribution is -0.112. The molecule has 0 aliphatic rings. The van der Waals surface area contributed by atoms with Gasteiger partial charge in [-0.3, -0.25) is 4.79 Å². The highest BCUT2D eigenvalue weighted by Crippen LogP contribution is 2.16. The summed E-state index contributed by atoms with van der Waals surface area (Å²) in [4.78, 5) is 20.5. The van der Waals surface area contributed by atoms with Crippen LogP contribution >= 0.6 is 11.3 Å². The van der Waals surface area contributed by atoms with Crippen LogP contribution in [-0.2, 0) is 16.1 Å². The van der Waals surface area contributed by atoms with Crippen molar-refractivity contribution in [1.29, 1.82) is 0 Å². The van der Waals surface area contributed by atoms with Gasteiger partial charge in [-0.05, 0) is 12.8 Å². The van der Waals surface area contributed by atoms with Crippen molar-refractivity contribution in [3.63, 3.8) is 0 Å². The third kappa shape index (κ3) is 3.30. The number of primary amides is 1. The molecule has 0 aromatic carbocycles. The number of thiazole rings is 1. The number of aryl methyl sites for hydroxylation is 1. The average molecular weight is 241 g/mol. The summed E-state index contributed by atoms with van der Waals surface area (Å²) in [6.07, 6.45) is 4.72. The SMILES string of the molecule is CCCCc1ncc(/C(=N/OC)C(N)=O)s1. The van der Waals surface area contributed by atoms with Gasteiger partial charge in [0.2, 0.25) is 0 Å². The summed E-state index contributed by atoms with van der Waals surface area (Å²) in [7, 11) is 1.38. The molecule has 1 rings (SSSR count). The van der Waals surface area contributed by atoms with Crippen molar-refractivity contribution in [2.24, 2.45) is 10.9 Å².